The predicted octanol–water partition coefficient (Wildman–Crippen LogP) is -0.697. The number of morpholine rings is 1. The van der Waals surface area contributed by atoms with E-state index in [1.807, 2.05) is 30.0 Å². The Kier molecular flexibility index (Phi) is 6.81. The van der Waals surface area contributed by atoms with Gasteiger partial charge in [0.1, 0.15) is 11.6 Å². The van der Waals surface area contributed by atoms with Gasteiger partial charge in [-0.05, 0) is 20.5 Å². The first kappa shape index (κ1) is 19.7. The minimum absolute atomic E-state index is 0.0463. The smallest absolute Gasteiger partial charge is 0.266 e. The van der Waals surface area contributed by atoms with Crippen molar-refractivity contribution in [3.63, 3.8) is 0 Å². The highest BCUT2D eigenvalue weighted by atomic mass is 32.2. The summed E-state index contributed by atoms with van der Waals surface area (Å²) in [6.07, 6.45) is 2.07. The van der Waals surface area contributed by atoms with Crippen molar-refractivity contribution in [2.75, 3.05) is 65.0 Å². The van der Waals surface area contributed by atoms with Crippen LogP contribution >= 0.6 is 0 Å². The van der Waals surface area contributed by atoms with Crippen LogP contribution in [-0.2, 0) is 19.4 Å². The van der Waals surface area contributed by atoms with Gasteiger partial charge in [0.2, 0.25) is 0 Å². The number of likely N-dealkylation sites (N-methyl/N-ethyl adjacent to an activating group) is 1. The van der Waals surface area contributed by atoms with E-state index in [2.05, 4.69) is 0 Å². The lowest BCUT2D eigenvalue weighted by molar-refractivity contribution is -0.130. The number of amides is 1. The van der Waals surface area contributed by atoms with E-state index in [0.717, 1.165) is 0 Å². The van der Waals surface area contributed by atoms with E-state index in [9.17, 15) is 18.5 Å². The number of sulfone groups is 1. The first-order valence-electron chi connectivity index (χ1n) is 8.42. The average molecular weight is 370 g/mol. The van der Waals surface area contributed by atoms with Crippen LogP contribution in [-0.4, -0.2) is 100 Å². The average Bonchev–Trinajstić information content (AvgIpc) is 2.95. The molecule has 2 saturated heterocycles. The van der Waals surface area contributed by atoms with Crippen LogP contribution in [0.3, 0.4) is 0 Å². The van der Waals surface area contributed by atoms with E-state index < -0.39 is 9.84 Å². The Morgan fingerprint density at radius 3 is 2.52 bits per heavy atom. The summed E-state index contributed by atoms with van der Waals surface area (Å²) in [4.78, 5) is 18.0. The van der Waals surface area contributed by atoms with E-state index in [1.165, 1.54) is 0 Å². The SMILES string of the molecule is CN(C)CCN(/C=C(/C#N)C(=O)N1CCOCC1)C1CCS(=O)(=O)C1. The topological polar surface area (TPSA) is 93.9 Å². The van der Waals surface area contributed by atoms with Gasteiger partial charge in [-0.25, -0.2) is 8.42 Å². The minimum atomic E-state index is -3.04. The van der Waals surface area contributed by atoms with Crippen molar-refractivity contribution in [3.8, 4) is 6.07 Å². The van der Waals surface area contributed by atoms with Gasteiger partial charge in [-0.2, -0.15) is 5.26 Å². The van der Waals surface area contributed by atoms with Crippen molar-refractivity contribution in [1.82, 2.24) is 14.7 Å². The highest BCUT2D eigenvalue weighted by molar-refractivity contribution is 7.91. The van der Waals surface area contributed by atoms with Gasteiger partial charge < -0.3 is 19.4 Å². The highest BCUT2D eigenvalue weighted by Crippen LogP contribution is 2.19. The lowest BCUT2D eigenvalue weighted by atomic mass is 10.2. The van der Waals surface area contributed by atoms with Gasteiger partial charge in [0, 0.05) is 38.4 Å². The second-order valence-corrected chi connectivity index (χ2v) is 8.89. The van der Waals surface area contributed by atoms with E-state index in [-0.39, 0.29) is 29.0 Å². The molecule has 0 aliphatic carbocycles. The fourth-order valence-electron chi connectivity index (χ4n) is 2.94. The molecule has 0 aromatic carbocycles. The summed E-state index contributed by atoms with van der Waals surface area (Å²) in [6.45, 7) is 3.14. The molecule has 2 rings (SSSR count). The number of rotatable bonds is 6. The number of carbonyl (C=O) groups is 1. The molecule has 25 heavy (non-hydrogen) atoms. The van der Waals surface area contributed by atoms with E-state index in [1.54, 1.807) is 11.1 Å². The summed E-state index contributed by atoms with van der Waals surface area (Å²) in [7, 11) is 0.814. The maximum absolute atomic E-state index is 12.6. The Balaban J connectivity index is 2.17. The molecule has 0 spiro atoms. The number of nitrogens with zero attached hydrogens (tertiary/aromatic N) is 4. The van der Waals surface area contributed by atoms with Gasteiger partial charge in [-0.3, -0.25) is 4.79 Å². The monoisotopic (exact) mass is 370 g/mol. The summed E-state index contributed by atoms with van der Waals surface area (Å²) < 4.78 is 28.9. The lowest BCUT2D eigenvalue weighted by Gasteiger charge is -2.30. The van der Waals surface area contributed by atoms with Gasteiger partial charge in [-0.15, -0.1) is 0 Å². The molecule has 0 aromatic rings. The maximum Gasteiger partial charge on any atom is 0.266 e. The van der Waals surface area contributed by atoms with Crippen molar-refractivity contribution in [1.29, 1.82) is 5.26 Å². The van der Waals surface area contributed by atoms with Crippen LogP contribution in [0.1, 0.15) is 6.42 Å². The molecule has 0 bridgehead atoms. The second-order valence-electron chi connectivity index (χ2n) is 6.66. The van der Waals surface area contributed by atoms with Crippen molar-refractivity contribution in [2.45, 2.75) is 12.5 Å². The van der Waals surface area contributed by atoms with Gasteiger partial charge in [0.05, 0.1) is 24.7 Å². The van der Waals surface area contributed by atoms with Crippen LogP contribution in [0.5, 0.6) is 0 Å². The van der Waals surface area contributed by atoms with Crippen LogP contribution in [0.15, 0.2) is 11.8 Å². The molecule has 0 radical (unpaired) electrons. The normalized spacial score (nSPS) is 23.5. The first-order valence-corrected chi connectivity index (χ1v) is 10.2. The molecule has 1 amide bonds. The number of hydrogen-bond donors (Lipinski definition) is 0. The quantitative estimate of drug-likeness (QED) is 0.451. The van der Waals surface area contributed by atoms with E-state index in [0.29, 0.717) is 45.8 Å². The fraction of sp³-hybridized carbons (Fsp3) is 0.750. The zero-order chi connectivity index (χ0) is 18.4. The lowest BCUT2D eigenvalue weighted by Crippen LogP contribution is -2.42. The third-order valence-electron chi connectivity index (χ3n) is 4.43. The van der Waals surface area contributed by atoms with Crippen molar-refractivity contribution in [3.05, 3.63) is 11.8 Å². The van der Waals surface area contributed by atoms with Crippen molar-refractivity contribution >= 4 is 15.7 Å². The largest absolute Gasteiger partial charge is 0.378 e. The molecule has 0 aromatic heterocycles. The summed E-state index contributed by atoms with van der Waals surface area (Å²) >= 11 is 0. The fourth-order valence-corrected chi connectivity index (χ4v) is 4.68. The van der Waals surface area contributed by atoms with Crippen LogP contribution in [0.4, 0.5) is 0 Å². The third-order valence-corrected chi connectivity index (χ3v) is 6.18. The van der Waals surface area contributed by atoms with E-state index >= 15 is 0 Å². The Morgan fingerprint density at radius 1 is 1.32 bits per heavy atom. The summed E-state index contributed by atoms with van der Waals surface area (Å²) in [5, 5.41) is 9.45. The molecule has 140 valence electrons. The van der Waals surface area contributed by atoms with Gasteiger partial charge in [0.15, 0.2) is 9.84 Å². The van der Waals surface area contributed by atoms with Crippen LogP contribution in [0.2, 0.25) is 0 Å². The second kappa shape index (κ2) is 8.65. The van der Waals surface area contributed by atoms with Crippen LogP contribution in [0.25, 0.3) is 0 Å². The molecular weight excluding hydrogens is 344 g/mol. The molecule has 9 heteroatoms. The molecule has 2 heterocycles. The number of nitriles is 1. The van der Waals surface area contributed by atoms with Gasteiger partial charge >= 0.3 is 0 Å². The number of carbonyl (C=O) groups excluding carboxylic acids is 1. The Morgan fingerprint density at radius 2 is 2.00 bits per heavy atom. The molecule has 0 N–H and O–H groups in total. The van der Waals surface area contributed by atoms with Gasteiger partial charge in [-0.1, -0.05) is 0 Å². The summed E-state index contributed by atoms with van der Waals surface area (Å²) in [6, 6.07) is 1.80. The molecule has 1 atom stereocenters. The van der Waals surface area contributed by atoms with Crippen molar-refractivity contribution < 1.29 is 17.9 Å². The standard InChI is InChI=1S/C16H26N4O4S/c1-18(2)4-5-20(15-3-10-25(22,23)13-15)12-14(11-17)16(21)19-6-8-24-9-7-19/h12,15H,3-10,13H2,1-2H3/b14-12-. The molecule has 1 unspecified atom stereocenters. The molecular formula is C16H26N4O4S. The van der Waals surface area contributed by atoms with Crippen molar-refractivity contribution in [2.24, 2.45) is 0 Å². The minimum Gasteiger partial charge on any atom is -0.378 e. The zero-order valence-corrected chi connectivity index (χ0v) is 15.7. The Hall–Kier alpha value is -1.63. The Bertz CT molecular complexity index is 648. The van der Waals surface area contributed by atoms with E-state index in [4.69, 9.17) is 4.74 Å². The van der Waals surface area contributed by atoms with Crippen LogP contribution in [0, 0.1) is 11.3 Å². The third kappa shape index (κ3) is 5.70. The van der Waals surface area contributed by atoms with Gasteiger partial charge in [0.25, 0.3) is 5.91 Å². The summed E-state index contributed by atoms with van der Waals surface area (Å²) in [5.74, 6) is -0.0912. The summed E-state index contributed by atoms with van der Waals surface area (Å²) in [5.41, 5.74) is 0.0463. The molecule has 8 nitrogen and oxygen atoms in total. The predicted molar refractivity (Wildman–Crippen MR) is 93.4 cm³/mol. The maximum atomic E-state index is 12.6. The first-order chi connectivity index (χ1) is 11.8. The molecule has 0 saturated carbocycles. The molecule has 2 aliphatic rings. The number of ether oxygens (including phenoxy) is 1. The zero-order valence-electron chi connectivity index (χ0n) is 14.8. The molecule has 2 aliphatic heterocycles. The Labute approximate surface area is 149 Å². The number of hydrogen-bond acceptors (Lipinski definition) is 7. The van der Waals surface area contributed by atoms with Crippen LogP contribution < -0.4 is 0 Å². The molecule has 2 fully saturated rings. The highest BCUT2D eigenvalue weighted by Gasteiger charge is 2.32.